The highest BCUT2D eigenvalue weighted by molar-refractivity contribution is 5.08. The molecule has 1 saturated carbocycles. The maximum atomic E-state index is 9.61. The third-order valence-electron chi connectivity index (χ3n) is 4.06. The van der Waals surface area contributed by atoms with Crippen LogP contribution in [-0.2, 0) is 6.42 Å². The highest BCUT2D eigenvalue weighted by atomic mass is 16.3. The predicted octanol–water partition coefficient (Wildman–Crippen LogP) is 2.16. The molecule has 1 heterocycles. The van der Waals surface area contributed by atoms with Crippen LogP contribution in [0.2, 0.25) is 0 Å². The number of aliphatic hydroxyl groups excluding tert-OH is 1. The molecule has 0 unspecified atom stereocenters. The van der Waals surface area contributed by atoms with Crippen molar-refractivity contribution in [1.29, 1.82) is 0 Å². The van der Waals surface area contributed by atoms with Crippen molar-refractivity contribution in [2.75, 3.05) is 19.7 Å². The summed E-state index contributed by atoms with van der Waals surface area (Å²) in [6.07, 6.45) is 10.9. The highest BCUT2D eigenvalue weighted by Gasteiger charge is 2.30. The zero-order chi connectivity index (χ0) is 12.7. The van der Waals surface area contributed by atoms with E-state index in [4.69, 9.17) is 0 Å². The molecule has 1 aromatic rings. The largest absolute Gasteiger partial charge is 0.396 e. The van der Waals surface area contributed by atoms with Gasteiger partial charge in [-0.1, -0.05) is 25.3 Å². The normalized spacial score (nSPS) is 18.7. The third kappa shape index (κ3) is 3.79. The summed E-state index contributed by atoms with van der Waals surface area (Å²) in [6.45, 7) is 2.24. The molecule has 2 N–H and O–H groups in total. The number of aliphatic hydroxyl groups is 1. The van der Waals surface area contributed by atoms with E-state index < -0.39 is 0 Å². The van der Waals surface area contributed by atoms with Crippen molar-refractivity contribution in [2.45, 2.75) is 38.5 Å². The van der Waals surface area contributed by atoms with Crippen LogP contribution in [0.5, 0.6) is 0 Å². The van der Waals surface area contributed by atoms with Crippen LogP contribution < -0.4 is 5.32 Å². The molecular weight excluding hydrogens is 224 g/mol. The summed E-state index contributed by atoms with van der Waals surface area (Å²) in [5.74, 6) is 0. The minimum Gasteiger partial charge on any atom is -0.396 e. The molecule has 100 valence electrons. The van der Waals surface area contributed by atoms with Gasteiger partial charge < -0.3 is 10.4 Å². The molecule has 2 rings (SSSR count). The summed E-state index contributed by atoms with van der Waals surface area (Å²) in [6, 6.07) is 4.09. The van der Waals surface area contributed by atoms with Crippen LogP contribution in [0.3, 0.4) is 0 Å². The molecule has 0 aliphatic heterocycles. The smallest absolute Gasteiger partial charge is 0.0499 e. The minimum atomic E-state index is 0.146. The molecule has 0 bridgehead atoms. The fourth-order valence-electron chi connectivity index (χ4n) is 2.82. The molecule has 0 amide bonds. The monoisotopic (exact) mass is 248 g/mol. The topological polar surface area (TPSA) is 45.1 Å². The average molecular weight is 248 g/mol. The van der Waals surface area contributed by atoms with Gasteiger partial charge in [-0.3, -0.25) is 4.98 Å². The zero-order valence-corrected chi connectivity index (χ0v) is 11.1. The second-order valence-corrected chi connectivity index (χ2v) is 5.51. The Hall–Kier alpha value is -0.930. The molecule has 0 spiro atoms. The van der Waals surface area contributed by atoms with E-state index in [1.165, 1.54) is 37.7 Å². The Morgan fingerprint density at radius 2 is 2.11 bits per heavy atom. The van der Waals surface area contributed by atoms with Crippen LogP contribution in [0, 0.1) is 5.41 Å². The molecule has 3 heteroatoms. The number of aromatic nitrogens is 1. The molecular formula is C15H24N2O. The zero-order valence-electron chi connectivity index (χ0n) is 11.1. The lowest BCUT2D eigenvalue weighted by atomic mass is 9.74. The first kappa shape index (κ1) is 13.5. The van der Waals surface area contributed by atoms with E-state index in [0.717, 1.165) is 19.5 Å². The van der Waals surface area contributed by atoms with Gasteiger partial charge in [-0.05, 0) is 37.4 Å². The van der Waals surface area contributed by atoms with Crippen LogP contribution in [-0.4, -0.2) is 29.8 Å². The molecule has 0 radical (unpaired) electrons. The molecule has 1 aliphatic rings. The van der Waals surface area contributed by atoms with E-state index in [9.17, 15) is 5.11 Å². The summed E-state index contributed by atoms with van der Waals surface area (Å²) >= 11 is 0. The second kappa shape index (κ2) is 6.86. The lowest BCUT2D eigenvalue weighted by Crippen LogP contribution is -2.39. The Morgan fingerprint density at radius 1 is 1.28 bits per heavy atom. The Labute approximate surface area is 110 Å². The van der Waals surface area contributed by atoms with Gasteiger partial charge in [0.05, 0.1) is 0 Å². The molecule has 3 nitrogen and oxygen atoms in total. The van der Waals surface area contributed by atoms with E-state index in [0.29, 0.717) is 6.61 Å². The number of rotatable bonds is 6. The lowest BCUT2D eigenvalue weighted by Gasteiger charge is -2.35. The summed E-state index contributed by atoms with van der Waals surface area (Å²) in [5.41, 5.74) is 1.42. The first-order valence-corrected chi connectivity index (χ1v) is 7.05. The van der Waals surface area contributed by atoms with Gasteiger partial charge in [0.15, 0.2) is 0 Å². The number of hydrogen-bond acceptors (Lipinski definition) is 3. The standard InChI is InChI=1S/C15H24N2O/c18-13-15(7-2-1-3-8-15)12-17-10-6-14-5-4-9-16-11-14/h4-5,9,11,17-18H,1-3,6-8,10,12-13H2. The Bertz CT molecular complexity index is 334. The van der Waals surface area contributed by atoms with Crippen LogP contribution in [0.15, 0.2) is 24.5 Å². The van der Waals surface area contributed by atoms with Crippen molar-refractivity contribution in [2.24, 2.45) is 5.41 Å². The Morgan fingerprint density at radius 3 is 2.78 bits per heavy atom. The van der Waals surface area contributed by atoms with Crippen LogP contribution in [0.1, 0.15) is 37.7 Å². The van der Waals surface area contributed by atoms with Crippen molar-refractivity contribution in [1.82, 2.24) is 10.3 Å². The Balaban J connectivity index is 1.71. The Kier molecular flexibility index (Phi) is 5.14. The minimum absolute atomic E-state index is 0.146. The number of nitrogens with zero attached hydrogens (tertiary/aromatic N) is 1. The van der Waals surface area contributed by atoms with E-state index >= 15 is 0 Å². The maximum absolute atomic E-state index is 9.61. The molecule has 0 saturated heterocycles. The summed E-state index contributed by atoms with van der Waals surface area (Å²) in [4.78, 5) is 4.12. The van der Waals surface area contributed by atoms with Crippen molar-refractivity contribution in [3.8, 4) is 0 Å². The molecule has 0 atom stereocenters. The van der Waals surface area contributed by atoms with Crippen molar-refractivity contribution in [3.05, 3.63) is 30.1 Å². The second-order valence-electron chi connectivity index (χ2n) is 5.51. The molecule has 18 heavy (non-hydrogen) atoms. The van der Waals surface area contributed by atoms with Crippen molar-refractivity contribution < 1.29 is 5.11 Å². The molecule has 0 aromatic carbocycles. The molecule has 1 aromatic heterocycles. The van der Waals surface area contributed by atoms with Crippen LogP contribution in [0.25, 0.3) is 0 Å². The quantitative estimate of drug-likeness (QED) is 0.758. The molecule has 1 fully saturated rings. The van der Waals surface area contributed by atoms with E-state index in [1.54, 1.807) is 6.20 Å². The first-order chi connectivity index (χ1) is 8.85. The van der Waals surface area contributed by atoms with E-state index in [-0.39, 0.29) is 5.41 Å². The maximum Gasteiger partial charge on any atom is 0.0499 e. The summed E-state index contributed by atoms with van der Waals surface area (Å²) in [7, 11) is 0. The number of nitrogens with one attached hydrogen (secondary N) is 1. The van der Waals surface area contributed by atoms with Gasteiger partial charge in [-0.25, -0.2) is 0 Å². The third-order valence-corrected chi connectivity index (χ3v) is 4.06. The van der Waals surface area contributed by atoms with Crippen LogP contribution in [0.4, 0.5) is 0 Å². The van der Waals surface area contributed by atoms with E-state index in [2.05, 4.69) is 16.4 Å². The fraction of sp³-hybridized carbons (Fsp3) is 0.667. The number of hydrogen-bond donors (Lipinski definition) is 2. The lowest BCUT2D eigenvalue weighted by molar-refractivity contribution is 0.0816. The predicted molar refractivity (Wildman–Crippen MR) is 73.4 cm³/mol. The summed E-state index contributed by atoms with van der Waals surface area (Å²) < 4.78 is 0. The molecule has 1 aliphatic carbocycles. The van der Waals surface area contributed by atoms with Gasteiger partial charge >= 0.3 is 0 Å². The van der Waals surface area contributed by atoms with Gasteiger partial charge in [0.2, 0.25) is 0 Å². The average Bonchev–Trinajstić information content (AvgIpc) is 2.46. The fourth-order valence-corrected chi connectivity index (χ4v) is 2.82. The SMILES string of the molecule is OCC1(CNCCc2cccnc2)CCCCC1. The van der Waals surface area contributed by atoms with Crippen molar-refractivity contribution >= 4 is 0 Å². The first-order valence-electron chi connectivity index (χ1n) is 7.05. The van der Waals surface area contributed by atoms with Crippen LogP contribution >= 0.6 is 0 Å². The summed E-state index contributed by atoms with van der Waals surface area (Å²) in [5, 5.41) is 13.1. The van der Waals surface area contributed by atoms with Gasteiger partial charge in [-0.2, -0.15) is 0 Å². The highest BCUT2D eigenvalue weighted by Crippen LogP contribution is 2.35. The van der Waals surface area contributed by atoms with Gasteiger partial charge in [-0.15, -0.1) is 0 Å². The number of pyridine rings is 1. The van der Waals surface area contributed by atoms with Gasteiger partial charge in [0.25, 0.3) is 0 Å². The van der Waals surface area contributed by atoms with E-state index in [1.807, 2.05) is 12.3 Å². The van der Waals surface area contributed by atoms with Gasteiger partial charge in [0, 0.05) is 31.0 Å². The van der Waals surface area contributed by atoms with Gasteiger partial charge in [0.1, 0.15) is 0 Å². The van der Waals surface area contributed by atoms with Crippen molar-refractivity contribution in [3.63, 3.8) is 0 Å².